The number of carbonyl (C=O) groups excluding carboxylic acids is 1. The summed E-state index contributed by atoms with van der Waals surface area (Å²) in [7, 11) is 0. The van der Waals surface area contributed by atoms with Crippen molar-refractivity contribution in [3.8, 4) is 0 Å². The van der Waals surface area contributed by atoms with Crippen LogP contribution in [0.4, 0.5) is 0 Å². The molecule has 0 aliphatic heterocycles. The summed E-state index contributed by atoms with van der Waals surface area (Å²) >= 11 is 0. The van der Waals surface area contributed by atoms with Crippen molar-refractivity contribution >= 4 is 5.78 Å². The quantitative estimate of drug-likeness (QED) is 0.607. The van der Waals surface area contributed by atoms with E-state index < -0.39 is 0 Å². The first kappa shape index (κ1) is 10.6. The Kier molecular flexibility index (Phi) is 1.85. The number of ketones is 1. The molecule has 2 fully saturated rings. The molecule has 0 saturated heterocycles. The first-order chi connectivity index (χ1) is 7.40. The molecule has 0 aromatic carbocycles. The van der Waals surface area contributed by atoms with E-state index in [2.05, 4.69) is 27.7 Å². The topological polar surface area (TPSA) is 17.1 Å². The van der Waals surface area contributed by atoms with Gasteiger partial charge in [0, 0.05) is 5.92 Å². The molecule has 0 aromatic heterocycles. The molecule has 3 rings (SSSR count). The van der Waals surface area contributed by atoms with E-state index in [1.807, 2.05) is 6.08 Å². The fourth-order valence-electron chi connectivity index (χ4n) is 4.77. The van der Waals surface area contributed by atoms with Gasteiger partial charge in [-0.05, 0) is 48.0 Å². The highest BCUT2D eigenvalue weighted by Gasteiger charge is 2.71. The first-order valence-electron chi connectivity index (χ1n) is 6.65. The normalized spacial score (nSPS) is 49.1. The van der Waals surface area contributed by atoms with E-state index in [-0.39, 0.29) is 5.41 Å². The zero-order chi connectivity index (χ0) is 11.7. The van der Waals surface area contributed by atoms with Crippen molar-refractivity contribution in [2.75, 3.05) is 0 Å². The molecule has 88 valence electrons. The lowest BCUT2D eigenvalue weighted by Gasteiger charge is -2.45. The molecule has 0 spiro atoms. The third kappa shape index (κ3) is 1.00. The van der Waals surface area contributed by atoms with Gasteiger partial charge >= 0.3 is 0 Å². The molecule has 16 heavy (non-hydrogen) atoms. The lowest BCUT2D eigenvalue weighted by atomic mass is 9.59. The van der Waals surface area contributed by atoms with Crippen LogP contribution in [0.15, 0.2) is 11.6 Å². The molecule has 3 aliphatic rings. The molecule has 4 atom stereocenters. The van der Waals surface area contributed by atoms with E-state index in [1.54, 1.807) is 0 Å². The van der Waals surface area contributed by atoms with E-state index in [0.717, 1.165) is 12.3 Å². The van der Waals surface area contributed by atoms with Gasteiger partial charge in [0.1, 0.15) is 0 Å². The summed E-state index contributed by atoms with van der Waals surface area (Å²) in [5.41, 5.74) is 2.03. The summed E-state index contributed by atoms with van der Waals surface area (Å²) in [6.07, 6.45) is 5.77. The number of hydrogen-bond acceptors (Lipinski definition) is 1. The standard InChI is InChI=1S/C15H22O/c1-9-6-5-7-10-8-11(16)12-13(14(12,2)3)15(9,10)4/h8-9,12-13H,5-7H2,1-4H3/t9-,12-,13+,15+/m1/s1. The largest absolute Gasteiger partial charge is 0.295 e. The van der Waals surface area contributed by atoms with Crippen LogP contribution < -0.4 is 0 Å². The van der Waals surface area contributed by atoms with Crippen LogP contribution in [0.5, 0.6) is 0 Å². The van der Waals surface area contributed by atoms with Crippen molar-refractivity contribution in [1.29, 1.82) is 0 Å². The highest BCUT2D eigenvalue weighted by molar-refractivity contribution is 5.97. The summed E-state index contributed by atoms with van der Waals surface area (Å²) in [6, 6.07) is 0. The summed E-state index contributed by atoms with van der Waals surface area (Å²) in [4.78, 5) is 12.1. The van der Waals surface area contributed by atoms with Crippen LogP contribution in [0.1, 0.15) is 47.0 Å². The minimum atomic E-state index is 0.246. The van der Waals surface area contributed by atoms with Crippen molar-refractivity contribution in [2.45, 2.75) is 47.0 Å². The molecular formula is C15H22O. The van der Waals surface area contributed by atoms with Gasteiger partial charge in [-0.15, -0.1) is 0 Å². The monoisotopic (exact) mass is 218 g/mol. The van der Waals surface area contributed by atoms with Crippen LogP contribution in [0.25, 0.3) is 0 Å². The van der Waals surface area contributed by atoms with Gasteiger partial charge in [0.15, 0.2) is 5.78 Å². The SMILES string of the molecule is C[C@@H]1CCCC2=CC(=O)[C@@H]3[C@@H](C3(C)C)[C@]21C. The molecule has 1 heteroatoms. The van der Waals surface area contributed by atoms with Gasteiger partial charge in [0.25, 0.3) is 0 Å². The first-order valence-corrected chi connectivity index (χ1v) is 6.65. The molecule has 0 aromatic rings. The lowest BCUT2D eigenvalue weighted by molar-refractivity contribution is -0.117. The van der Waals surface area contributed by atoms with E-state index in [4.69, 9.17) is 0 Å². The second-order valence-corrected chi connectivity index (χ2v) is 6.92. The van der Waals surface area contributed by atoms with Crippen molar-refractivity contribution in [1.82, 2.24) is 0 Å². The van der Waals surface area contributed by atoms with Crippen LogP contribution in [0.3, 0.4) is 0 Å². The molecule has 0 radical (unpaired) electrons. The minimum Gasteiger partial charge on any atom is -0.295 e. The van der Waals surface area contributed by atoms with Gasteiger partial charge < -0.3 is 0 Å². The third-order valence-corrected chi connectivity index (χ3v) is 5.90. The lowest BCUT2D eigenvalue weighted by Crippen LogP contribution is -2.38. The van der Waals surface area contributed by atoms with Crippen molar-refractivity contribution in [3.05, 3.63) is 11.6 Å². The molecule has 3 aliphatic carbocycles. The van der Waals surface area contributed by atoms with Gasteiger partial charge in [-0.3, -0.25) is 4.79 Å². The smallest absolute Gasteiger partial charge is 0.159 e. The number of fused-ring (bicyclic) bond motifs is 3. The maximum atomic E-state index is 12.1. The number of carbonyl (C=O) groups is 1. The Hall–Kier alpha value is -0.590. The third-order valence-electron chi connectivity index (χ3n) is 5.90. The van der Waals surface area contributed by atoms with Crippen LogP contribution in [-0.2, 0) is 4.79 Å². The Morgan fingerprint density at radius 2 is 2.00 bits per heavy atom. The summed E-state index contributed by atoms with van der Waals surface area (Å²) in [6.45, 7) is 9.36. The van der Waals surface area contributed by atoms with Gasteiger partial charge in [0.05, 0.1) is 0 Å². The molecule has 0 heterocycles. The van der Waals surface area contributed by atoms with Crippen LogP contribution in [0, 0.1) is 28.6 Å². The molecule has 2 saturated carbocycles. The second-order valence-electron chi connectivity index (χ2n) is 6.92. The maximum absolute atomic E-state index is 12.1. The maximum Gasteiger partial charge on any atom is 0.159 e. The van der Waals surface area contributed by atoms with Gasteiger partial charge in [-0.1, -0.05) is 33.3 Å². The average molecular weight is 218 g/mol. The Labute approximate surface area is 98.3 Å². The average Bonchev–Trinajstić information content (AvgIpc) is 2.77. The Bertz CT molecular complexity index is 390. The fourth-order valence-corrected chi connectivity index (χ4v) is 4.77. The fraction of sp³-hybridized carbons (Fsp3) is 0.800. The van der Waals surface area contributed by atoms with E-state index in [9.17, 15) is 4.79 Å². The molecule has 0 unspecified atom stereocenters. The highest BCUT2D eigenvalue weighted by Crippen LogP contribution is 2.73. The van der Waals surface area contributed by atoms with E-state index in [1.165, 1.54) is 18.4 Å². The zero-order valence-corrected chi connectivity index (χ0v) is 10.8. The van der Waals surface area contributed by atoms with E-state index in [0.29, 0.717) is 23.0 Å². The summed E-state index contributed by atoms with van der Waals surface area (Å²) < 4.78 is 0. The van der Waals surface area contributed by atoms with Crippen molar-refractivity contribution in [2.24, 2.45) is 28.6 Å². The van der Waals surface area contributed by atoms with Gasteiger partial charge in [0.2, 0.25) is 0 Å². The van der Waals surface area contributed by atoms with Gasteiger partial charge in [-0.25, -0.2) is 0 Å². The molecular weight excluding hydrogens is 196 g/mol. The highest BCUT2D eigenvalue weighted by atomic mass is 16.1. The Morgan fingerprint density at radius 3 is 2.69 bits per heavy atom. The number of allylic oxidation sites excluding steroid dienone is 2. The van der Waals surface area contributed by atoms with Crippen LogP contribution in [-0.4, -0.2) is 5.78 Å². The minimum absolute atomic E-state index is 0.246. The summed E-state index contributed by atoms with van der Waals surface area (Å²) in [5, 5.41) is 0. The molecule has 0 N–H and O–H groups in total. The Balaban J connectivity index is 2.10. The number of hydrogen-bond donors (Lipinski definition) is 0. The summed E-state index contributed by atoms with van der Waals surface area (Å²) in [5.74, 6) is 2.09. The molecule has 0 amide bonds. The number of rotatable bonds is 0. The van der Waals surface area contributed by atoms with Crippen LogP contribution >= 0.6 is 0 Å². The zero-order valence-electron chi connectivity index (χ0n) is 10.8. The van der Waals surface area contributed by atoms with Crippen molar-refractivity contribution in [3.63, 3.8) is 0 Å². The van der Waals surface area contributed by atoms with E-state index >= 15 is 0 Å². The Morgan fingerprint density at radius 1 is 1.31 bits per heavy atom. The van der Waals surface area contributed by atoms with Crippen molar-refractivity contribution < 1.29 is 4.79 Å². The van der Waals surface area contributed by atoms with Gasteiger partial charge in [-0.2, -0.15) is 0 Å². The predicted octanol–water partition coefficient (Wildman–Crippen LogP) is 3.59. The van der Waals surface area contributed by atoms with Crippen LogP contribution in [0.2, 0.25) is 0 Å². The molecule has 0 bridgehead atoms. The molecule has 1 nitrogen and oxygen atoms in total. The predicted molar refractivity (Wildman–Crippen MR) is 65.0 cm³/mol. The second kappa shape index (κ2) is 2.80.